The molecule has 0 aliphatic carbocycles. The fraction of sp³-hybridized carbons (Fsp3) is 0.222. The Labute approximate surface area is 75.8 Å². The second-order valence-electron chi connectivity index (χ2n) is 2.68. The highest BCUT2D eigenvalue weighted by Crippen LogP contribution is 2.41. The smallest absolute Gasteiger partial charge is 0.168 e. The van der Waals surface area contributed by atoms with Gasteiger partial charge in [-0.2, -0.15) is 5.26 Å². The summed E-state index contributed by atoms with van der Waals surface area (Å²) in [5.41, 5.74) is 1.16. The van der Waals surface area contributed by atoms with Crippen LogP contribution in [0.5, 0.6) is 0 Å². The minimum Gasteiger partial charge on any atom is -0.349 e. The predicted octanol–water partition coefficient (Wildman–Crippen LogP) is 2.08. The van der Waals surface area contributed by atoms with Crippen LogP contribution in [-0.4, -0.2) is 12.4 Å². The number of hydrogen-bond donors (Lipinski definition) is 0. The second-order valence-corrected chi connectivity index (χ2v) is 3.80. The number of nitrogens with zero attached hydrogens (tertiary/aromatic N) is 2. The molecule has 1 unspecified atom stereocenters. The molecule has 1 aliphatic rings. The van der Waals surface area contributed by atoms with E-state index in [4.69, 9.17) is 5.26 Å². The van der Waals surface area contributed by atoms with E-state index in [1.807, 2.05) is 36.2 Å². The molecule has 0 saturated heterocycles. The molecule has 0 radical (unpaired) electrons. The largest absolute Gasteiger partial charge is 0.349 e. The van der Waals surface area contributed by atoms with E-state index in [9.17, 15) is 0 Å². The summed E-state index contributed by atoms with van der Waals surface area (Å²) in [7, 11) is 1.95. The van der Waals surface area contributed by atoms with Crippen molar-refractivity contribution in [2.75, 3.05) is 11.9 Å². The number of benzene rings is 1. The minimum atomic E-state index is -0.0533. The van der Waals surface area contributed by atoms with Gasteiger partial charge in [0, 0.05) is 11.9 Å². The average Bonchev–Trinajstić information content (AvgIpc) is 2.44. The highest BCUT2D eigenvalue weighted by Gasteiger charge is 2.25. The molecule has 60 valence electrons. The average molecular weight is 176 g/mol. The van der Waals surface area contributed by atoms with Gasteiger partial charge in [-0.15, -0.1) is 0 Å². The molecular formula is C9H8N2S. The lowest BCUT2D eigenvalue weighted by Crippen LogP contribution is -2.22. The van der Waals surface area contributed by atoms with Crippen molar-refractivity contribution in [2.45, 2.75) is 10.3 Å². The Morgan fingerprint density at radius 3 is 2.92 bits per heavy atom. The lowest BCUT2D eigenvalue weighted by Gasteiger charge is -2.14. The second kappa shape index (κ2) is 2.72. The molecule has 1 aromatic carbocycles. The van der Waals surface area contributed by atoms with Gasteiger partial charge in [-0.25, -0.2) is 0 Å². The highest BCUT2D eigenvalue weighted by atomic mass is 32.2. The minimum absolute atomic E-state index is 0.0533. The Hall–Kier alpha value is -1.14. The maximum Gasteiger partial charge on any atom is 0.168 e. The van der Waals surface area contributed by atoms with E-state index in [2.05, 4.69) is 6.07 Å². The van der Waals surface area contributed by atoms with Gasteiger partial charge in [0.15, 0.2) is 5.37 Å². The summed E-state index contributed by atoms with van der Waals surface area (Å²) in [5.74, 6) is 0. The van der Waals surface area contributed by atoms with E-state index >= 15 is 0 Å². The van der Waals surface area contributed by atoms with E-state index in [0.717, 1.165) is 5.69 Å². The van der Waals surface area contributed by atoms with Crippen LogP contribution in [0, 0.1) is 11.3 Å². The number of para-hydroxylation sites is 1. The molecule has 0 bridgehead atoms. The molecule has 3 heteroatoms. The molecule has 1 aromatic rings. The third-order valence-electron chi connectivity index (χ3n) is 1.95. The number of hydrogen-bond acceptors (Lipinski definition) is 3. The molecule has 0 aromatic heterocycles. The molecule has 0 saturated carbocycles. The van der Waals surface area contributed by atoms with Crippen LogP contribution in [0.4, 0.5) is 5.69 Å². The summed E-state index contributed by atoms with van der Waals surface area (Å²) in [4.78, 5) is 3.20. The number of nitriles is 1. The number of thioether (sulfide) groups is 1. The molecular weight excluding hydrogens is 168 g/mol. The number of fused-ring (bicyclic) bond motifs is 1. The van der Waals surface area contributed by atoms with Crippen LogP contribution in [0.2, 0.25) is 0 Å². The van der Waals surface area contributed by atoms with E-state index in [0.29, 0.717) is 0 Å². The molecule has 0 spiro atoms. The molecule has 0 fully saturated rings. The number of anilines is 1. The Bertz CT molecular complexity index is 343. The maximum atomic E-state index is 8.80. The van der Waals surface area contributed by atoms with Gasteiger partial charge in [-0.3, -0.25) is 0 Å². The number of rotatable bonds is 0. The monoisotopic (exact) mass is 176 g/mol. The zero-order valence-corrected chi connectivity index (χ0v) is 7.51. The first-order valence-electron chi connectivity index (χ1n) is 3.71. The molecule has 0 amide bonds. The Balaban J connectivity index is 2.44. The first-order chi connectivity index (χ1) is 5.83. The van der Waals surface area contributed by atoms with E-state index in [-0.39, 0.29) is 5.37 Å². The molecule has 12 heavy (non-hydrogen) atoms. The van der Waals surface area contributed by atoms with Gasteiger partial charge in [0.25, 0.3) is 0 Å². The van der Waals surface area contributed by atoms with Gasteiger partial charge in [-0.05, 0) is 12.1 Å². The summed E-state index contributed by atoms with van der Waals surface area (Å²) in [6.07, 6.45) is 0. The van der Waals surface area contributed by atoms with Crippen LogP contribution in [0.3, 0.4) is 0 Å². The molecule has 1 aliphatic heterocycles. The third-order valence-corrected chi connectivity index (χ3v) is 3.19. The van der Waals surface area contributed by atoms with Gasteiger partial charge in [-0.1, -0.05) is 23.9 Å². The van der Waals surface area contributed by atoms with Crippen LogP contribution in [0.25, 0.3) is 0 Å². The van der Waals surface area contributed by atoms with E-state index < -0.39 is 0 Å². The van der Waals surface area contributed by atoms with Crippen LogP contribution in [0.15, 0.2) is 29.2 Å². The fourth-order valence-electron chi connectivity index (χ4n) is 1.29. The van der Waals surface area contributed by atoms with Crippen molar-refractivity contribution in [2.24, 2.45) is 0 Å². The van der Waals surface area contributed by atoms with Crippen molar-refractivity contribution < 1.29 is 0 Å². The fourth-order valence-corrected chi connectivity index (χ4v) is 2.34. The Kier molecular flexibility index (Phi) is 1.70. The Morgan fingerprint density at radius 2 is 2.25 bits per heavy atom. The topological polar surface area (TPSA) is 27.0 Å². The highest BCUT2D eigenvalue weighted by molar-refractivity contribution is 8.00. The van der Waals surface area contributed by atoms with Crippen LogP contribution in [0.1, 0.15) is 0 Å². The summed E-state index contributed by atoms with van der Waals surface area (Å²) >= 11 is 1.61. The van der Waals surface area contributed by atoms with Gasteiger partial charge in [0.2, 0.25) is 0 Å². The van der Waals surface area contributed by atoms with Crippen LogP contribution < -0.4 is 4.90 Å². The quantitative estimate of drug-likeness (QED) is 0.605. The van der Waals surface area contributed by atoms with Crippen molar-refractivity contribution in [1.29, 1.82) is 5.26 Å². The summed E-state index contributed by atoms with van der Waals surface area (Å²) in [6, 6.07) is 10.3. The van der Waals surface area contributed by atoms with Crippen molar-refractivity contribution in [1.82, 2.24) is 0 Å². The summed E-state index contributed by atoms with van der Waals surface area (Å²) in [5, 5.41) is 8.74. The lowest BCUT2D eigenvalue weighted by molar-refractivity contribution is 0.998. The summed E-state index contributed by atoms with van der Waals surface area (Å²) < 4.78 is 0. The van der Waals surface area contributed by atoms with Crippen LogP contribution >= 0.6 is 11.8 Å². The van der Waals surface area contributed by atoms with Gasteiger partial charge >= 0.3 is 0 Å². The van der Waals surface area contributed by atoms with Crippen molar-refractivity contribution in [3.8, 4) is 6.07 Å². The zero-order valence-electron chi connectivity index (χ0n) is 6.69. The Morgan fingerprint density at radius 1 is 1.50 bits per heavy atom. The molecule has 1 atom stereocenters. The first-order valence-corrected chi connectivity index (χ1v) is 4.59. The van der Waals surface area contributed by atoms with Gasteiger partial charge < -0.3 is 4.90 Å². The third kappa shape index (κ3) is 0.961. The lowest BCUT2D eigenvalue weighted by atomic mass is 10.3. The molecule has 2 nitrogen and oxygen atoms in total. The molecule has 1 heterocycles. The standard InChI is InChI=1S/C9H8N2S/c1-11-7-4-2-3-5-8(7)12-9(11)6-10/h2-5,9H,1H3. The molecule has 0 N–H and O–H groups in total. The van der Waals surface area contributed by atoms with Crippen LogP contribution in [-0.2, 0) is 0 Å². The normalized spacial score (nSPS) is 20.3. The van der Waals surface area contributed by atoms with Crippen molar-refractivity contribution in [3.05, 3.63) is 24.3 Å². The SMILES string of the molecule is CN1c2ccccc2SC1C#N. The van der Waals surface area contributed by atoms with Crippen molar-refractivity contribution >= 4 is 17.4 Å². The van der Waals surface area contributed by atoms with Gasteiger partial charge in [0.05, 0.1) is 11.8 Å². The van der Waals surface area contributed by atoms with Crippen molar-refractivity contribution in [3.63, 3.8) is 0 Å². The van der Waals surface area contributed by atoms with E-state index in [1.54, 1.807) is 11.8 Å². The molecule has 2 rings (SSSR count). The van der Waals surface area contributed by atoms with Gasteiger partial charge in [0.1, 0.15) is 0 Å². The zero-order chi connectivity index (χ0) is 8.55. The van der Waals surface area contributed by atoms with E-state index in [1.165, 1.54) is 4.90 Å². The maximum absolute atomic E-state index is 8.80. The summed E-state index contributed by atoms with van der Waals surface area (Å²) in [6.45, 7) is 0. The first kappa shape index (κ1) is 7.51. The predicted molar refractivity (Wildman–Crippen MR) is 50.1 cm³/mol.